The summed E-state index contributed by atoms with van der Waals surface area (Å²) < 4.78 is 11.6. The summed E-state index contributed by atoms with van der Waals surface area (Å²) in [6, 6.07) is 2.46. The molecule has 0 amide bonds. The van der Waals surface area contributed by atoms with Crippen LogP contribution in [0.4, 0.5) is 0 Å². The standard InChI is InChI=1S/C19H29N3O3/c1-14-3-2-9-20-18(14)13-25-16-6-4-15(5-7-16)17-8-10-21-22-19(17)24-12-11-23/h8,10-11,14-16,18,20H,2-7,9,12-13H2,1H3/t14-,15?,16?,18-/m0/s1. The molecule has 0 radical (unpaired) electrons. The fraction of sp³-hybridized carbons (Fsp3) is 0.737. The Bertz CT molecular complexity index is 546. The highest BCUT2D eigenvalue weighted by Crippen LogP contribution is 2.37. The SMILES string of the molecule is C[C@H]1CCCN[C@H]1COC1CCC(c2ccnnc2OCC=O)CC1. The van der Waals surface area contributed by atoms with Crippen molar-refractivity contribution in [3.8, 4) is 5.88 Å². The van der Waals surface area contributed by atoms with Gasteiger partial charge in [-0.15, -0.1) is 5.10 Å². The van der Waals surface area contributed by atoms with Gasteiger partial charge in [0.2, 0.25) is 5.88 Å². The first-order chi connectivity index (χ1) is 12.3. The minimum Gasteiger partial charge on any atom is -0.469 e. The van der Waals surface area contributed by atoms with Crippen LogP contribution in [0.3, 0.4) is 0 Å². The van der Waals surface area contributed by atoms with Crippen LogP contribution in [-0.4, -0.2) is 48.4 Å². The van der Waals surface area contributed by atoms with Crippen LogP contribution in [0.2, 0.25) is 0 Å². The van der Waals surface area contributed by atoms with Crippen molar-refractivity contribution in [3.63, 3.8) is 0 Å². The van der Waals surface area contributed by atoms with Gasteiger partial charge in [0.1, 0.15) is 6.61 Å². The molecule has 0 spiro atoms. The maximum absolute atomic E-state index is 10.5. The average molecular weight is 347 g/mol. The normalized spacial score (nSPS) is 30.0. The van der Waals surface area contributed by atoms with Crippen molar-refractivity contribution in [2.24, 2.45) is 5.92 Å². The fourth-order valence-corrected chi connectivity index (χ4v) is 3.98. The van der Waals surface area contributed by atoms with Crippen molar-refractivity contribution in [2.45, 2.75) is 63.5 Å². The van der Waals surface area contributed by atoms with E-state index in [2.05, 4.69) is 22.4 Å². The average Bonchev–Trinajstić information content (AvgIpc) is 2.66. The van der Waals surface area contributed by atoms with E-state index in [1.807, 2.05) is 6.07 Å². The monoisotopic (exact) mass is 347 g/mol. The van der Waals surface area contributed by atoms with Gasteiger partial charge in [0.15, 0.2) is 6.29 Å². The van der Waals surface area contributed by atoms with Crippen molar-refractivity contribution in [1.82, 2.24) is 15.5 Å². The predicted octanol–water partition coefficient (Wildman–Crippen LogP) is 2.49. The van der Waals surface area contributed by atoms with Crippen LogP contribution in [-0.2, 0) is 9.53 Å². The third kappa shape index (κ3) is 4.98. The summed E-state index contributed by atoms with van der Waals surface area (Å²) in [6.45, 7) is 4.27. The molecule has 2 heterocycles. The molecule has 1 aliphatic heterocycles. The predicted molar refractivity (Wildman–Crippen MR) is 94.7 cm³/mol. The second-order valence-electron chi connectivity index (χ2n) is 7.26. The molecule has 3 rings (SSSR count). The molecule has 0 unspecified atom stereocenters. The smallest absolute Gasteiger partial charge is 0.237 e. The first kappa shape index (κ1) is 18.3. The zero-order valence-electron chi connectivity index (χ0n) is 15.0. The lowest BCUT2D eigenvalue weighted by molar-refractivity contribution is -0.109. The van der Waals surface area contributed by atoms with Gasteiger partial charge in [-0.2, -0.15) is 5.10 Å². The van der Waals surface area contributed by atoms with Crippen LogP contribution in [0.15, 0.2) is 12.3 Å². The van der Waals surface area contributed by atoms with Crippen LogP contribution in [0.5, 0.6) is 5.88 Å². The van der Waals surface area contributed by atoms with E-state index in [0.717, 1.165) is 50.7 Å². The number of aldehydes is 1. The Morgan fingerprint density at radius 2 is 2.12 bits per heavy atom. The van der Waals surface area contributed by atoms with Gasteiger partial charge in [-0.1, -0.05) is 6.92 Å². The summed E-state index contributed by atoms with van der Waals surface area (Å²) >= 11 is 0. The summed E-state index contributed by atoms with van der Waals surface area (Å²) in [5, 5.41) is 11.5. The Morgan fingerprint density at radius 1 is 1.28 bits per heavy atom. The molecule has 0 aromatic carbocycles. The van der Waals surface area contributed by atoms with Crippen LogP contribution in [0.25, 0.3) is 0 Å². The van der Waals surface area contributed by atoms with Crippen molar-refractivity contribution < 1.29 is 14.3 Å². The van der Waals surface area contributed by atoms with Gasteiger partial charge < -0.3 is 14.8 Å². The van der Waals surface area contributed by atoms with E-state index >= 15 is 0 Å². The van der Waals surface area contributed by atoms with Gasteiger partial charge in [0.25, 0.3) is 0 Å². The Balaban J connectivity index is 1.48. The molecule has 1 saturated carbocycles. The van der Waals surface area contributed by atoms with Gasteiger partial charge >= 0.3 is 0 Å². The van der Waals surface area contributed by atoms with E-state index in [-0.39, 0.29) is 6.61 Å². The molecule has 138 valence electrons. The maximum Gasteiger partial charge on any atom is 0.237 e. The molecule has 1 aliphatic carbocycles. The van der Waals surface area contributed by atoms with E-state index in [4.69, 9.17) is 9.47 Å². The molecule has 6 nitrogen and oxygen atoms in total. The maximum atomic E-state index is 10.5. The van der Waals surface area contributed by atoms with E-state index < -0.39 is 0 Å². The number of ether oxygens (including phenoxy) is 2. The number of rotatable bonds is 7. The highest BCUT2D eigenvalue weighted by atomic mass is 16.5. The molecule has 1 saturated heterocycles. The number of hydrogen-bond acceptors (Lipinski definition) is 6. The zero-order chi connectivity index (χ0) is 17.5. The number of nitrogens with one attached hydrogen (secondary N) is 1. The minimum atomic E-state index is 0.0245. The lowest BCUT2D eigenvalue weighted by Crippen LogP contribution is -2.44. The van der Waals surface area contributed by atoms with Crippen molar-refractivity contribution in [2.75, 3.05) is 19.8 Å². The van der Waals surface area contributed by atoms with Gasteiger partial charge in [0.05, 0.1) is 18.9 Å². The molecule has 2 aliphatic rings. The van der Waals surface area contributed by atoms with Crippen LogP contribution >= 0.6 is 0 Å². The van der Waals surface area contributed by atoms with Crippen LogP contribution < -0.4 is 10.1 Å². The van der Waals surface area contributed by atoms with E-state index in [1.165, 1.54) is 12.8 Å². The number of aromatic nitrogens is 2. The van der Waals surface area contributed by atoms with E-state index in [1.54, 1.807) is 6.20 Å². The molecule has 6 heteroatoms. The van der Waals surface area contributed by atoms with Gasteiger partial charge in [-0.25, -0.2) is 0 Å². The van der Waals surface area contributed by atoms with Crippen molar-refractivity contribution in [1.29, 1.82) is 0 Å². The summed E-state index contributed by atoms with van der Waals surface area (Å²) in [4.78, 5) is 10.5. The van der Waals surface area contributed by atoms with Crippen molar-refractivity contribution in [3.05, 3.63) is 17.8 Å². The summed E-state index contributed by atoms with van der Waals surface area (Å²) in [5.41, 5.74) is 1.07. The lowest BCUT2D eigenvalue weighted by Gasteiger charge is -2.33. The largest absolute Gasteiger partial charge is 0.469 e. The molecule has 2 fully saturated rings. The Kier molecular flexibility index (Phi) is 6.76. The number of piperidine rings is 1. The third-order valence-electron chi connectivity index (χ3n) is 5.56. The second-order valence-corrected chi connectivity index (χ2v) is 7.26. The molecule has 0 bridgehead atoms. The van der Waals surface area contributed by atoms with Crippen molar-refractivity contribution >= 4 is 6.29 Å². The Morgan fingerprint density at radius 3 is 2.88 bits per heavy atom. The zero-order valence-corrected chi connectivity index (χ0v) is 15.0. The highest BCUT2D eigenvalue weighted by Gasteiger charge is 2.27. The van der Waals surface area contributed by atoms with Gasteiger partial charge in [-0.3, -0.25) is 4.79 Å². The molecule has 1 aromatic rings. The summed E-state index contributed by atoms with van der Waals surface area (Å²) in [5.74, 6) is 1.61. The Hall–Kier alpha value is -1.53. The number of hydrogen-bond donors (Lipinski definition) is 1. The second kappa shape index (κ2) is 9.25. The molecular weight excluding hydrogens is 318 g/mol. The van der Waals surface area contributed by atoms with Crippen LogP contribution in [0, 0.1) is 5.92 Å². The number of carbonyl (C=O) groups excluding carboxylic acids is 1. The van der Waals surface area contributed by atoms with E-state index in [0.29, 0.717) is 29.9 Å². The Labute approximate surface area is 149 Å². The topological polar surface area (TPSA) is 73.3 Å². The third-order valence-corrected chi connectivity index (χ3v) is 5.56. The summed E-state index contributed by atoms with van der Waals surface area (Å²) in [6.07, 6.45) is 9.58. The highest BCUT2D eigenvalue weighted by molar-refractivity contribution is 5.51. The molecule has 1 N–H and O–H groups in total. The first-order valence-electron chi connectivity index (χ1n) is 9.51. The first-order valence-corrected chi connectivity index (χ1v) is 9.51. The van der Waals surface area contributed by atoms with Crippen LogP contribution in [0.1, 0.15) is 56.9 Å². The van der Waals surface area contributed by atoms with Gasteiger partial charge in [-0.05, 0) is 63.0 Å². The minimum absolute atomic E-state index is 0.0245. The molecule has 25 heavy (non-hydrogen) atoms. The molecule has 1 aromatic heterocycles. The lowest BCUT2D eigenvalue weighted by atomic mass is 9.83. The number of carbonyl (C=O) groups is 1. The fourth-order valence-electron chi connectivity index (χ4n) is 3.98. The number of nitrogens with zero attached hydrogens (tertiary/aromatic N) is 2. The van der Waals surface area contributed by atoms with E-state index in [9.17, 15) is 4.79 Å². The summed E-state index contributed by atoms with van der Waals surface area (Å²) in [7, 11) is 0. The van der Waals surface area contributed by atoms with Gasteiger partial charge in [0, 0.05) is 11.6 Å². The quantitative estimate of drug-likeness (QED) is 0.764. The molecular formula is C19H29N3O3. The molecule has 2 atom stereocenters.